The van der Waals surface area contributed by atoms with Gasteiger partial charge >= 0.3 is 0 Å². The van der Waals surface area contributed by atoms with Crippen LogP contribution >= 0.6 is 0 Å². The van der Waals surface area contributed by atoms with Crippen LogP contribution in [0, 0.1) is 11.8 Å². The smallest absolute Gasteiger partial charge is 0.127 e. The van der Waals surface area contributed by atoms with Gasteiger partial charge in [0, 0.05) is 5.92 Å². The molecular formula is C14H22O. The fourth-order valence-electron chi connectivity index (χ4n) is 1.27. The van der Waals surface area contributed by atoms with Gasteiger partial charge in [-0.05, 0) is 33.6 Å². The van der Waals surface area contributed by atoms with Gasteiger partial charge in [0.05, 0.1) is 0 Å². The van der Waals surface area contributed by atoms with Crippen molar-refractivity contribution in [3.63, 3.8) is 0 Å². The average Bonchev–Trinajstić information content (AvgIpc) is 2.14. The molecule has 0 rings (SSSR count). The minimum atomic E-state index is -0.0637. The van der Waals surface area contributed by atoms with Gasteiger partial charge in [-0.1, -0.05) is 42.4 Å². The number of carbonyl (C=O) groups is 1. The zero-order valence-electron chi connectivity index (χ0n) is 10.5. The molecule has 0 unspecified atom stereocenters. The van der Waals surface area contributed by atoms with Crippen molar-refractivity contribution in [3.05, 3.63) is 35.5 Å². The highest BCUT2D eigenvalue weighted by molar-refractivity contribution is 5.59. The van der Waals surface area contributed by atoms with Gasteiger partial charge in [-0.2, -0.15) is 0 Å². The van der Waals surface area contributed by atoms with Crippen molar-refractivity contribution < 1.29 is 4.79 Å². The normalized spacial score (nSPS) is 14.7. The molecule has 0 aliphatic carbocycles. The van der Waals surface area contributed by atoms with Crippen LogP contribution in [0.3, 0.4) is 0 Å². The number of hydrogen-bond acceptors (Lipinski definition) is 1. The van der Waals surface area contributed by atoms with Gasteiger partial charge in [-0.15, -0.1) is 0 Å². The highest BCUT2D eigenvalue weighted by Crippen LogP contribution is 2.19. The Morgan fingerprint density at radius 3 is 2.07 bits per heavy atom. The van der Waals surface area contributed by atoms with E-state index in [1.54, 1.807) is 0 Å². The first-order valence-electron chi connectivity index (χ1n) is 5.33. The van der Waals surface area contributed by atoms with Crippen LogP contribution in [-0.4, -0.2) is 6.29 Å². The lowest BCUT2D eigenvalue weighted by Gasteiger charge is -2.14. The quantitative estimate of drug-likeness (QED) is 0.378. The van der Waals surface area contributed by atoms with E-state index in [-0.39, 0.29) is 11.8 Å². The summed E-state index contributed by atoms with van der Waals surface area (Å²) in [5.41, 5.74) is 3.49. The second-order valence-corrected chi connectivity index (χ2v) is 4.41. The number of rotatable bonds is 5. The van der Waals surface area contributed by atoms with Crippen molar-refractivity contribution in [1.29, 1.82) is 0 Å². The molecule has 0 fully saturated rings. The van der Waals surface area contributed by atoms with E-state index in [0.717, 1.165) is 11.9 Å². The lowest BCUT2D eigenvalue weighted by Crippen LogP contribution is -2.11. The Kier molecular flexibility index (Phi) is 5.92. The molecule has 0 aliphatic rings. The summed E-state index contributed by atoms with van der Waals surface area (Å²) in [5.74, 6) is 0.153. The van der Waals surface area contributed by atoms with Crippen LogP contribution in [0.15, 0.2) is 35.5 Å². The molecule has 0 aromatic carbocycles. The Morgan fingerprint density at radius 1 is 1.20 bits per heavy atom. The molecule has 0 heterocycles. The molecule has 0 saturated heterocycles. The largest absolute Gasteiger partial charge is 0.303 e. The maximum absolute atomic E-state index is 10.9. The van der Waals surface area contributed by atoms with Crippen molar-refractivity contribution in [2.75, 3.05) is 0 Å². The van der Waals surface area contributed by atoms with E-state index >= 15 is 0 Å². The molecular weight excluding hydrogens is 184 g/mol. The van der Waals surface area contributed by atoms with Crippen LogP contribution in [0.1, 0.15) is 34.6 Å². The summed E-state index contributed by atoms with van der Waals surface area (Å²) in [6.07, 6.45) is 5.14. The predicted octanol–water partition coefficient (Wildman–Crippen LogP) is 3.93. The maximum atomic E-state index is 10.9. The molecule has 0 aromatic heterocycles. The fraction of sp³-hybridized carbons (Fsp3) is 0.500. The topological polar surface area (TPSA) is 17.1 Å². The van der Waals surface area contributed by atoms with Crippen LogP contribution in [-0.2, 0) is 4.79 Å². The third-order valence-corrected chi connectivity index (χ3v) is 2.72. The molecule has 0 aromatic rings. The molecule has 2 atom stereocenters. The molecule has 0 radical (unpaired) electrons. The van der Waals surface area contributed by atoms with Crippen LogP contribution < -0.4 is 0 Å². The van der Waals surface area contributed by atoms with E-state index in [9.17, 15) is 4.79 Å². The third-order valence-electron chi connectivity index (χ3n) is 2.72. The third kappa shape index (κ3) is 4.78. The summed E-state index contributed by atoms with van der Waals surface area (Å²) in [7, 11) is 0. The molecule has 0 saturated carbocycles. The van der Waals surface area contributed by atoms with E-state index in [2.05, 4.69) is 39.5 Å². The van der Waals surface area contributed by atoms with E-state index in [4.69, 9.17) is 0 Å². The van der Waals surface area contributed by atoms with E-state index in [0.29, 0.717) is 0 Å². The Hall–Kier alpha value is -1.11. The van der Waals surface area contributed by atoms with Crippen molar-refractivity contribution in [3.8, 4) is 0 Å². The summed E-state index contributed by atoms with van der Waals surface area (Å²) in [6, 6.07) is 0. The Morgan fingerprint density at radius 2 is 1.73 bits per heavy atom. The summed E-state index contributed by atoms with van der Waals surface area (Å²) < 4.78 is 0. The molecule has 0 aliphatic heterocycles. The van der Waals surface area contributed by atoms with Crippen LogP contribution in [0.25, 0.3) is 0 Å². The average molecular weight is 206 g/mol. The van der Waals surface area contributed by atoms with Crippen LogP contribution in [0.5, 0.6) is 0 Å². The highest BCUT2D eigenvalue weighted by Gasteiger charge is 2.14. The summed E-state index contributed by atoms with van der Waals surface area (Å²) in [6.45, 7) is 14.0. The molecule has 0 N–H and O–H groups in total. The number of carbonyl (C=O) groups excluding carboxylic acids is 1. The minimum Gasteiger partial charge on any atom is -0.303 e. The zero-order valence-corrected chi connectivity index (χ0v) is 10.5. The first-order valence-corrected chi connectivity index (χ1v) is 5.33. The molecule has 0 amide bonds. The molecule has 84 valence electrons. The van der Waals surface area contributed by atoms with Crippen molar-refractivity contribution in [2.24, 2.45) is 11.8 Å². The second-order valence-electron chi connectivity index (χ2n) is 4.41. The molecule has 15 heavy (non-hydrogen) atoms. The molecule has 0 spiro atoms. The predicted molar refractivity (Wildman–Crippen MR) is 66.7 cm³/mol. The summed E-state index contributed by atoms with van der Waals surface area (Å²) >= 11 is 0. The van der Waals surface area contributed by atoms with Crippen molar-refractivity contribution >= 4 is 6.29 Å². The Bertz CT molecular complexity index is 290. The first kappa shape index (κ1) is 13.9. The lowest BCUT2D eigenvalue weighted by atomic mass is 9.89. The van der Waals surface area contributed by atoms with Gasteiger partial charge < -0.3 is 4.79 Å². The molecule has 0 bridgehead atoms. The number of hydrogen-bond donors (Lipinski definition) is 0. The van der Waals surface area contributed by atoms with Gasteiger partial charge in [0.15, 0.2) is 0 Å². The molecule has 1 heteroatoms. The molecule has 1 nitrogen and oxygen atoms in total. The van der Waals surface area contributed by atoms with Gasteiger partial charge in [0.2, 0.25) is 0 Å². The highest BCUT2D eigenvalue weighted by atomic mass is 16.1. The minimum absolute atomic E-state index is 0.0637. The number of aldehydes is 1. The standard InChI is InChI=1S/C14H22O/c1-10(2)12(5)7-8-13(6)14(9-15)11(3)4/h7-9,13-14H,3H2,1-2,4-6H3/b8-7+/t13-,14+/m1/s1. The van der Waals surface area contributed by atoms with Gasteiger partial charge in [0.1, 0.15) is 6.29 Å². The summed E-state index contributed by atoms with van der Waals surface area (Å²) in [4.78, 5) is 10.9. The zero-order chi connectivity index (χ0) is 12.0. The van der Waals surface area contributed by atoms with Crippen LogP contribution in [0.2, 0.25) is 0 Å². The van der Waals surface area contributed by atoms with Crippen LogP contribution in [0.4, 0.5) is 0 Å². The Balaban J connectivity index is 4.61. The van der Waals surface area contributed by atoms with Gasteiger partial charge in [-0.25, -0.2) is 0 Å². The van der Waals surface area contributed by atoms with E-state index < -0.39 is 0 Å². The maximum Gasteiger partial charge on any atom is 0.127 e. The van der Waals surface area contributed by atoms with Crippen molar-refractivity contribution in [2.45, 2.75) is 34.6 Å². The number of allylic oxidation sites excluding steroid dienone is 5. The second kappa shape index (κ2) is 6.39. The van der Waals surface area contributed by atoms with E-state index in [1.807, 2.05) is 13.8 Å². The SMILES string of the molecule is C=C(C)[C@H](C=O)[C@H](C)/C=C/C(C)=C(C)C. The fourth-order valence-corrected chi connectivity index (χ4v) is 1.27. The monoisotopic (exact) mass is 206 g/mol. The van der Waals surface area contributed by atoms with E-state index in [1.165, 1.54) is 11.1 Å². The van der Waals surface area contributed by atoms with Gasteiger partial charge in [0.25, 0.3) is 0 Å². The first-order chi connectivity index (χ1) is 6.90. The summed E-state index contributed by atoms with van der Waals surface area (Å²) in [5, 5.41) is 0. The van der Waals surface area contributed by atoms with Crippen molar-refractivity contribution in [1.82, 2.24) is 0 Å². The lowest BCUT2D eigenvalue weighted by molar-refractivity contribution is -0.110. The Labute approximate surface area is 93.6 Å². The van der Waals surface area contributed by atoms with Gasteiger partial charge in [-0.3, -0.25) is 0 Å².